The van der Waals surface area contributed by atoms with Crippen LogP contribution in [0.15, 0.2) is 28.9 Å². The van der Waals surface area contributed by atoms with Gasteiger partial charge in [-0.3, -0.25) is 4.79 Å². The number of hydrogen-bond acceptors (Lipinski definition) is 8. The predicted molar refractivity (Wildman–Crippen MR) is 104 cm³/mol. The van der Waals surface area contributed by atoms with Gasteiger partial charge in [0.1, 0.15) is 17.7 Å². The minimum absolute atomic E-state index is 0.0683. The third kappa shape index (κ3) is 4.22. The summed E-state index contributed by atoms with van der Waals surface area (Å²) in [7, 11) is 1.58. The first kappa shape index (κ1) is 19.7. The van der Waals surface area contributed by atoms with Gasteiger partial charge in [-0.2, -0.15) is 10.5 Å². The van der Waals surface area contributed by atoms with Crippen LogP contribution in [-0.4, -0.2) is 54.2 Å². The number of carbonyl (C=O) groups excluding carboxylic acids is 1. The Balaban J connectivity index is 1.49. The molecule has 9 nitrogen and oxygen atoms in total. The summed E-state index contributed by atoms with van der Waals surface area (Å²) in [5, 5.41) is 21.3. The van der Waals surface area contributed by atoms with E-state index in [9.17, 15) is 15.3 Å². The fraction of sp³-hybridized carbons (Fsp3) is 0.429. The molecule has 30 heavy (non-hydrogen) atoms. The van der Waals surface area contributed by atoms with Crippen LogP contribution in [0.4, 0.5) is 0 Å². The highest BCUT2D eigenvalue weighted by Gasteiger charge is 2.33. The second kappa shape index (κ2) is 8.44. The van der Waals surface area contributed by atoms with E-state index in [4.69, 9.17) is 13.9 Å². The first-order valence-corrected chi connectivity index (χ1v) is 9.74. The van der Waals surface area contributed by atoms with E-state index in [0.29, 0.717) is 42.1 Å². The Morgan fingerprint density at radius 2 is 2.23 bits per heavy atom. The molecule has 1 N–H and O–H groups in total. The Labute approximate surface area is 173 Å². The molecular weight excluding hydrogens is 386 g/mol. The van der Waals surface area contributed by atoms with E-state index in [2.05, 4.69) is 22.6 Å². The van der Waals surface area contributed by atoms with Gasteiger partial charge in [0.2, 0.25) is 0 Å². The van der Waals surface area contributed by atoms with E-state index in [1.807, 2.05) is 0 Å². The van der Waals surface area contributed by atoms with Gasteiger partial charge in [-0.25, -0.2) is 4.98 Å². The molecule has 2 fully saturated rings. The quantitative estimate of drug-likeness (QED) is 0.692. The maximum Gasteiger partial charge on any atom is 0.307 e. The average molecular weight is 407 g/mol. The van der Waals surface area contributed by atoms with Crippen molar-refractivity contribution in [2.45, 2.75) is 37.5 Å². The number of nitriles is 2. The molecule has 2 heterocycles. The van der Waals surface area contributed by atoms with Crippen molar-refractivity contribution in [1.82, 2.24) is 15.2 Å². The second-order valence-electron chi connectivity index (χ2n) is 7.45. The SMILES string of the molecule is COC[C@@H]1C[C@@H](NC(=O)c2nc(-c3cc(C#N)ccc3OC3CC3)co2)CN1C#N. The Morgan fingerprint density at radius 1 is 1.40 bits per heavy atom. The summed E-state index contributed by atoms with van der Waals surface area (Å²) < 4.78 is 16.4. The van der Waals surface area contributed by atoms with Gasteiger partial charge in [0, 0.05) is 25.3 Å². The molecule has 0 unspecified atom stereocenters. The van der Waals surface area contributed by atoms with Crippen molar-refractivity contribution in [3.63, 3.8) is 0 Å². The van der Waals surface area contributed by atoms with Crippen molar-refractivity contribution >= 4 is 5.91 Å². The lowest BCUT2D eigenvalue weighted by atomic mass is 10.1. The van der Waals surface area contributed by atoms with Crippen molar-refractivity contribution in [2.75, 3.05) is 20.3 Å². The van der Waals surface area contributed by atoms with E-state index in [0.717, 1.165) is 12.8 Å². The van der Waals surface area contributed by atoms with Crippen LogP contribution in [0.2, 0.25) is 0 Å². The number of benzene rings is 1. The van der Waals surface area contributed by atoms with Crippen LogP contribution < -0.4 is 10.1 Å². The van der Waals surface area contributed by atoms with Crippen LogP contribution in [0.25, 0.3) is 11.3 Å². The normalized spacial score (nSPS) is 20.4. The van der Waals surface area contributed by atoms with Crippen molar-refractivity contribution in [3.05, 3.63) is 35.9 Å². The molecule has 2 atom stereocenters. The molecule has 154 valence electrons. The smallest absolute Gasteiger partial charge is 0.307 e. The summed E-state index contributed by atoms with van der Waals surface area (Å²) in [6, 6.07) is 6.93. The summed E-state index contributed by atoms with van der Waals surface area (Å²) in [6.45, 7) is 0.829. The molecule has 1 saturated carbocycles. The highest BCUT2D eigenvalue weighted by atomic mass is 16.5. The Morgan fingerprint density at radius 3 is 2.93 bits per heavy atom. The first-order valence-electron chi connectivity index (χ1n) is 9.74. The van der Waals surface area contributed by atoms with Gasteiger partial charge in [-0.15, -0.1) is 0 Å². The number of likely N-dealkylation sites (tertiary alicyclic amines) is 1. The van der Waals surface area contributed by atoms with E-state index in [1.54, 1.807) is 30.2 Å². The summed E-state index contributed by atoms with van der Waals surface area (Å²) in [5.74, 6) is 0.0753. The number of carbonyl (C=O) groups is 1. The molecule has 1 amide bonds. The molecule has 1 aromatic carbocycles. The largest absolute Gasteiger partial charge is 0.490 e. The molecule has 1 saturated heterocycles. The predicted octanol–water partition coefficient (Wildman–Crippen LogP) is 2.05. The van der Waals surface area contributed by atoms with Crippen molar-refractivity contribution in [2.24, 2.45) is 0 Å². The topological polar surface area (TPSA) is 124 Å². The molecule has 0 radical (unpaired) electrons. The molecule has 4 rings (SSSR count). The molecule has 9 heteroatoms. The highest BCUT2D eigenvalue weighted by Crippen LogP contribution is 2.35. The lowest BCUT2D eigenvalue weighted by Gasteiger charge is -2.15. The third-order valence-corrected chi connectivity index (χ3v) is 5.14. The van der Waals surface area contributed by atoms with Crippen LogP contribution >= 0.6 is 0 Å². The molecule has 1 aliphatic carbocycles. The average Bonchev–Trinajstić information content (AvgIpc) is 3.28. The summed E-state index contributed by atoms with van der Waals surface area (Å²) in [4.78, 5) is 18.5. The summed E-state index contributed by atoms with van der Waals surface area (Å²) in [6.07, 6.45) is 6.29. The van der Waals surface area contributed by atoms with Crippen molar-refractivity contribution in [1.29, 1.82) is 10.5 Å². The van der Waals surface area contributed by atoms with Gasteiger partial charge in [0.15, 0.2) is 6.19 Å². The standard InChI is InChI=1S/C21H21N5O4/c1-28-10-15-7-14(9-26(15)12-23)24-20(27)21-25-18(11-29-21)17-6-13(8-22)2-5-19(17)30-16-3-4-16/h2,5-6,11,14-16H,3-4,7,9-10H2,1H3,(H,24,27)/t14-,15+/m1/s1. The van der Waals surface area contributed by atoms with Crippen LogP contribution in [0, 0.1) is 22.8 Å². The van der Waals surface area contributed by atoms with E-state index in [1.165, 1.54) is 6.26 Å². The summed E-state index contributed by atoms with van der Waals surface area (Å²) in [5.41, 5.74) is 1.50. The van der Waals surface area contributed by atoms with Crippen molar-refractivity contribution < 1.29 is 18.7 Å². The molecular formula is C21H21N5O4. The summed E-state index contributed by atoms with van der Waals surface area (Å²) >= 11 is 0. The maximum absolute atomic E-state index is 12.6. The van der Waals surface area contributed by atoms with Crippen molar-refractivity contribution in [3.8, 4) is 29.3 Å². The minimum Gasteiger partial charge on any atom is -0.490 e. The monoisotopic (exact) mass is 407 g/mol. The zero-order valence-electron chi connectivity index (χ0n) is 16.5. The Hall–Kier alpha value is -3.56. The Bertz CT molecular complexity index is 1020. The van der Waals surface area contributed by atoms with Gasteiger partial charge in [-0.05, 0) is 37.5 Å². The van der Waals surface area contributed by atoms with Gasteiger partial charge < -0.3 is 24.1 Å². The minimum atomic E-state index is -0.455. The van der Waals surface area contributed by atoms with Crippen LogP contribution in [0.1, 0.15) is 35.5 Å². The number of nitrogens with zero attached hydrogens (tertiary/aromatic N) is 4. The first-order chi connectivity index (χ1) is 14.6. The fourth-order valence-electron chi connectivity index (χ4n) is 3.51. The molecule has 0 bridgehead atoms. The fourth-order valence-corrected chi connectivity index (χ4v) is 3.51. The number of methoxy groups -OCH3 is 1. The molecule has 2 aromatic rings. The lowest BCUT2D eigenvalue weighted by Crippen LogP contribution is -2.36. The van der Waals surface area contributed by atoms with Crippen LogP contribution in [0.3, 0.4) is 0 Å². The molecule has 0 spiro atoms. The lowest BCUT2D eigenvalue weighted by molar-refractivity contribution is 0.0903. The molecule has 1 aliphatic heterocycles. The molecule has 2 aliphatic rings. The Kier molecular flexibility index (Phi) is 5.55. The number of aromatic nitrogens is 1. The number of amides is 1. The zero-order valence-corrected chi connectivity index (χ0v) is 16.5. The van der Waals surface area contributed by atoms with Gasteiger partial charge >= 0.3 is 5.91 Å². The van der Waals surface area contributed by atoms with E-state index >= 15 is 0 Å². The third-order valence-electron chi connectivity index (χ3n) is 5.14. The van der Waals surface area contributed by atoms with Gasteiger partial charge in [0.05, 0.1) is 30.4 Å². The van der Waals surface area contributed by atoms with Gasteiger partial charge in [-0.1, -0.05) is 0 Å². The van der Waals surface area contributed by atoms with Crippen LogP contribution in [-0.2, 0) is 4.74 Å². The number of hydrogen-bond donors (Lipinski definition) is 1. The van der Waals surface area contributed by atoms with E-state index < -0.39 is 5.91 Å². The second-order valence-corrected chi connectivity index (χ2v) is 7.45. The highest BCUT2D eigenvalue weighted by molar-refractivity contribution is 5.90. The van der Waals surface area contributed by atoms with E-state index in [-0.39, 0.29) is 24.1 Å². The van der Waals surface area contributed by atoms with Gasteiger partial charge in [0.25, 0.3) is 5.89 Å². The maximum atomic E-state index is 12.6. The number of ether oxygens (including phenoxy) is 2. The number of rotatable bonds is 7. The van der Waals surface area contributed by atoms with Crippen LogP contribution in [0.5, 0.6) is 5.75 Å². The molecule has 1 aromatic heterocycles. The zero-order chi connectivity index (χ0) is 21.1. The number of nitrogens with one attached hydrogen (secondary N) is 1. The number of oxazole rings is 1.